The lowest BCUT2D eigenvalue weighted by molar-refractivity contribution is -0.870. The highest BCUT2D eigenvalue weighted by Gasteiger charge is 2.41. The lowest BCUT2D eigenvalue weighted by atomic mass is 9.98. The van der Waals surface area contributed by atoms with Crippen LogP contribution >= 0.6 is 0 Å². The SMILES string of the molecule is C[N+](C)(C)CCO.N[C@H]1C(O)O[C@H](CO)[C@@H](O)[C@@H]1O.[Cl-]. The van der Waals surface area contributed by atoms with Crippen LogP contribution in [0.4, 0.5) is 0 Å². The topological polar surface area (TPSA) is 136 Å². The van der Waals surface area contributed by atoms with Crippen molar-refractivity contribution in [3.8, 4) is 0 Å². The number of quaternary nitrogens is 1. The van der Waals surface area contributed by atoms with Crippen molar-refractivity contribution in [2.45, 2.75) is 30.6 Å². The molecular formula is C11H27ClN2O6. The first-order valence-corrected chi connectivity index (χ1v) is 6.11. The Kier molecular flexibility index (Phi) is 10.9. The van der Waals surface area contributed by atoms with Crippen LogP contribution in [0.15, 0.2) is 0 Å². The van der Waals surface area contributed by atoms with E-state index in [0.29, 0.717) is 0 Å². The second kappa shape index (κ2) is 9.82. The molecule has 1 heterocycles. The number of likely N-dealkylation sites (N-methyl/N-ethyl adjacent to an activating group) is 1. The van der Waals surface area contributed by atoms with Gasteiger partial charge in [0.25, 0.3) is 0 Å². The third-order valence-electron chi connectivity index (χ3n) is 2.72. The Hall–Kier alpha value is -0.0300. The van der Waals surface area contributed by atoms with Crippen LogP contribution in [0.25, 0.3) is 0 Å². The summed E-state index contributed by atoms with van der Waals surface area (Å²) in [5.41, 5.74) is 5.26. The van der Waals surface area contributed by atoms with Gasteiger partial charge < -0.3 is 52.9 Å². The van der Waals surface area contributed by atoms with Gasteiger partial charge in [0.2, 0.25) is 0 Å². The fraction of sp³-hybridized carbons (Fsp3) is 1.00. The summed E-state index contributed by atoms with van der Waals surface area (Å²) in [5.74, 6) is 0. The molecule has 0 aliphatic carbocycles. The van der Waals surface area contributed by atoms with Crippen LogP contribution in [0.2, 0.25) is 0 Å². The monoisotopic (exact) mass is 318 g/mol. The van der Waals surface area contributed by atoms with Gasteiger partial charge in [-0.3, -0.25) is 0 Å². The number of rotatable bonds is 3. The Morgan fingerprint density at radius 1 is 1.05 bits per heavy atom. The molecule has 1 saturated heterocycles. The molecule has 8 nitrogen and oxygen atoms in total. The van der Waals surface area contributed by atoms with Crippen LogP contribution in [0.3, 0.4) is 0 Å². The lowest BCUT2D eigenvalue weighted by Crippen LogP contribution is -3.00. The molecule has 5 atom stereocenters. The summed E-state index contributed by atoms with van der Waals surface area (Å²) in [6.07, 6.45) is -4.85. The van der Waals surface area contributed by atoms with Gasteiger partial charge in [-0.25, -0.2) is 0 Å². The Morgan fingerprint density at radius 3 is 1.85 bits per heavy atom. The third-order valence-corrected chi connectivity index (χ3v) is 2.72. The van der Waals surface area contributed by atoms with E-state index in [1.807, 2.05) is 0 Å². The molecule has 0 amide bonds. The normalized spacial score (nSPS) is 33.8. The quantitative estimate of drug-likeness (QED) is 0.285. The van der Waals surface area contributed by atoms with Crippen molar-refractivity contribution < 1.29 is 47.2 Å². The molecule has 124 valence electrons. The molecular weight excluding hydrogens is 292 g/mol. The van der Waals surface area contributed by atoms with Gasteiger partial charge in [-0.15, -0.1) is 0 Å². The average molecular weight is 319 g/mol. The standard InChI is InChI=1S/C6H13NO5.C5H14NO.ClH/c7-3-5(10)4(9)2(1-8)12-6(3)11;1-6(2,3)4-5-7;/h2-6,8-11H,1,7H2;7H,4-5H2,1-3H3;1H/q;+1;/p-1/t2-,3-,4-,5-,6?;;/m1../s1. The van der Waals surface area contributed by atoms with Crippen molar-refractivity contribution in [2.24, 2.45) is 5.73 Å². The smallest absolute Gasteiger partial charge is 0.173 e. The molecule has 0 saturated carbocycles. The second-order valence-electron chi connectivity index (χ2n) is 5.54. The maximum Gasteiger partial charge on any atom is 0.173 e. The van der Waals surface area contributed by atoms with Gasteiger partial charge in [0.05, 0.1) is 40.4 Å². The fourth-order valence-corrected chi connectivity index (χ4v) is 1.42. The molecule has 0 spiro atoms. The predicted molar refractivity (Wildman–Crippen MR) is 67.9 cm³/mol. The van der Waals surface area contributed by atoms with Gasteiger partial charge in [0.1, 0.15) is 24.9 Å². The highest BCUT2D eigenvalue weighted by molar-refractivity contribution is 4.90. The maximum absolute atomic E-state index is 9.20. The Morgan fingerprint density at radius 2 is 1.55 bits per heavy atom. The molecule has 20 heavy (non-hydrogen) atoms. The van der Waals surface area contributed by atoms with E-state index in [1.165, 1.54) is 0 Å². The zero-order chi connectivity index (χ0) is 15.2. The van der Waals surface area contributed by atoms with E-state index in [9.17, 15) is 10.2 Å². The van der Waals surface area contributed by atoms with E-state index in [0.717, 1.165) is 11.0 Å². The van der Waals surface area contributed by atoms with Crippen LogP contribution in [-0.2, 0) is 4.74 Å². The van der Waals surface area contributed by atoms with Gasteiger partial charge in [-0.2, -0.15) is 0 Å². The predicted octanol–water partition coefficient (Wildman–Crippen LogP) is -6.57. The molecule has 0 aromatic heterocycles. The number of hydrogen-bond donors (Lipinski definition) is 6. The van der Waals surface area contributed by atoms with Crippen molar-refractivity contribution in [1.82, 2.24) is 0 Å². The molecule has 1 unspecified atom stereocenters. The molecule has 7 N–H and O–H groups in total. The van der Waals surface area contributed by atoms with E-state index in [2.05, 4.69) is 21.1 Å². The number of aliphatic hydroxyl groups excluding tert-OH is 5. The summed E-state index contributed by atoms with van der Waals surface area (Å²) in [6, 6.07) is -1.04. The number of aliphatic hydroxyl groups is 5. The fourth-order valence-electron chi connectivity index (χ4n) is 1.42. The first-order valence-electron chi connectivity index (χ1n) is 6.11. The van der Waals surface area contributed by atoms with Crippen molar-refractivity contribution in [2.75, 3.05) is 40.9 Å². The summed E-state index contributed by atoms with van der Waals surface area (Å²) in [4.78, 5) is 0. The van der Waals surface area contributed by atoms with Gasteiger partial charge in [-0.05, 0) is 0 Å². The molecule has 0 aromatic rings. The molecule has 1 fully saturated rings. The third kappa shape index (κ3) is 7.67. The van der Waals surface area contributed by atoms with Crippen molar-refractivity contribution >= 4 is 0 Å². The summed E-state index contributed by atoms with van der Waals surface area (Å²) in [5, 5.41) is 44.5. The minimum absolute atomic E-state index is 0. The first kappa shape index (κ1) is 22.3. The minimum Gasteiger partial charge on any atom is -1.00 e. The van der Waals surface area contributed by atoms with Gasteiger partial charge in [0, 0.05) is 0 Å². The van der Waals surface area contributed by atoms with Gasteiger partial charge in [0.15, 0.2) is 6.29 Å². The molecule has 1 aliphatic rings. The lowest BCUT2D eigenvalue weighted by Gasteiger charge is -2.38. The molecule has 0 aromatic carbocycles. The number of ether oxygens (including phenoxy) is 1. The van der Waals surface area contributed by atoms with Crippen LogP contribution in [0.1, 0.15) is 0 Å². The maximum atomic E-state index is 9.20. The Balaban J connectivity index is 0. The zero-order valence-electron chi connectivity index (χ0n) is 12.1. The van der Waals surface area contributed by atoms with Gasteiger partial charge in [-0.1, -0.05) is 0 Å². The number of nitrogens with zero attached hydrogens (tertiary/aromatic N) is 1. The molecule has 0 bridgehead atoms. The van der Waals surface area contributed by atoms with E-state index in [4.69, 9.17) is 25.8 Å². The minimum atomic E-state index is -1.35. The average Bonchev–Trinajstić information content (AvgIpc) is 2.30. The van der Waals surface area contributed by atoms with Gasteiger partial charge >= 0.3 is 0 Å². The van der Waals surface area contributed by atoms with E-state index in [1.54, 1.807) is 0 Å². The van der Waals surface area contributed by atoms with Crippen LogP contribution in [0, 0.1) is 0 Å². The largest absolute Gasteiger partial charge is 1.00 e. The van der Waals surface area contributed by atoms with Crippen LogP contribution in [-0.4, -0.2) is 102 Å². The number of nitrogens with two attached hydrogens (primary N) is 1. The van der Waals surface area contributed by atoms with E-state index >= 15 is 0 Å². The van der Waals surface area contributed by atoms with Crippen molar-refractivity contribution in [1.29, 1.82) is 0 Å². The number of halogens is 1. The van der Waals surface area contributed by atoms with E-state index in [-0.39, 0.29) is 19.0 Å². The molecule has 9 heteroatoms. The summed E-state index contributed by atoms with van der Waals surface area (Å²) in [7, 11) is 6.16. The second-order valence-corrected chi connectivity index (χ2v) is 5.54. The van der Waals surface area contributed by atoms with Crippen LogP contribution < -0.4 is 18.1 Å². The summed E-state index contributed by atoms with van der Waals surface area (Å²) >= 11 is 0. The summed E-state index contributed by atoms with van der Waals surface area (Å²) in [6.45, 7) is 0.644. The Labute approximate surface area is 125 Å². The molecule has 1 aliphatic heterocycles. The Bertz CT molecular complexity index is 249. The van der Waals surface area contributed by atoms with Crippen molar-refractivity contribution in [3.63, 3.8) is 0 Å². The van der Waals surface area contributed by atoms with E-state index < -0.39 is 37.3 Å². The van der Waals surface area contributed by atoms with Crippen molar-refractivity contribution in [3.05, 3.63) is 0 Å². The zero-order valence-corrected chi connectivity index (χ0v) is 12.8. The molecule has 1 rings (SSSR count). The van der Waals surface area contributed by atoms with Crippen LogP contribution in [0.5, 0.6) is 0 Å². The summed E-state index contributed by atoms with van der Waals surface area (Å²) < 4.78 is 5.54. The highest BCUT2D eigenvalue weighted by Crippen LogP contribution is 2.17. The first-order chi connectivity index (χ1) is 8.64. The number of hydrogen-bond acceptors (Lipinski definition) is 7. The molecule has 0 radical (unpaired) electrons. The highest BCUT2D eigenvalue weighted by atomic mass is 35.5.